The van der Waals surface area contributed by atoms with E-state index in [4.69, 9.17) is 4.98 Å². The third-order valence-corrected chi connectivity index (χ3v) is 7.22. The summed E-state index contributed by atoms with van der Waals surface area (Å²) < 4.78 is 16.0. The normalized spacial score (nSPS) is 13.6. The molecule has 0 bridgehead atoms. The Hall–Kier alpha value is -2.19. The van der Waals surface area contributed by atoms with E-state index in [-0.39, 0.29) is 22.9 Å². The van der Waals surface area contributed by atoms with E-state index in [1.807, 2.05) is 13.8 Å². The molecular weight excluding hydrogens is 421 g/mol. The van der Waals surface area contributed by atoms with Gasteiger partial charge in [-0.05, 0) is 49.3 Å². The van der Waals surface area contributed by atoms with Crippen molar-refractivity contribution < 1.29 is 9.18 Å². The van der Waals surface area contributed by atoms with Crippen LogP contribution < -0.4 is 10.9 Å². The van der Waals surface area contributed by atoms with Crippen LogP contribution in [0.4, 0.5) is 4.39 Å². The summed E-state index contributed by atoms with van der Waals surface area (Å²) in [6.45, 7) is 4.64. The van der Waals surface area contributed by atoms with Crippen molar-refractivity contribution in [2.45, 2.75) is 44.7 Å². The molecule has 1 aliphatic rings. The summed E-state index contributed by atoms with van der Waals surface area (Å²) in [5.74, 6) is -0.156. The number of nitrogens with zero attached hydrogens (tertiary/aromatic N) is 2. The summed E-state index contributed by atoms with van der Waals surface area (Å²) in [6.07, 6.45) is 3.96. The third-order valence-electron chi connectivity index (χ3n) is 5.09. The van der Waals surface area contributed by atoms with E-state index in [9.17, 15) is 14.0 Å². The fourth-order valence-corrected chi connectivity index (χ4v) is 5.77. The molecule has 1 amide bonds. The standard InChI is InChI=1S/C22H24FN3O2S2/c1-13(2)11-24-18(27)12-29-22-25-20-19(14-7-3-6-10-17(14)30-20)21(28)26(22)16-9-5-4-8-15(16)23/h4-5,8-9,13H,3,6-7,10-12H2,1-2H3,(H,24,27). The second-order valence-electron chi connectivity index (χ2n) is 7.86. The average molecular weight is 446 g/mol. The van der Waals surface area contributed by atoms with Crippen molar-refractivity contribution in [2.24, 2.45) is 5.92 Å². The van der Waals surface area contributed by atoms with Gasteiger partial charge in [-0.25, -0.2) is 9.37 Å². The number of fused-ring (bicyclic) bond motifs is 3. The van der Waals surface area contributed by atoms with Gasteiger partial charge in [-0.3, -0.25) is 14.2 Å². The lowest BCUT2D eigenvalue weighted by atomic mass is 9.97. The minimum atomic E-state index is -0.490. The molecule has 4 rings (SSSR count). The van der Waals surface area contributed by atoms with Crippen LogP contribution in [0.5, 0.6) is 0 Å². The molecule has 0 unspecified atom stereocenters. The van der Waals surface area contributed by atoms with Gasteiger partial charge in [0.15, 0.2) is 5.16 Å². The van der Waals surface area contributed by atoms with Crippen LogP contribution in [0.25, 0.3) is 15.9 Å². The average Bonchev–Trinajstić information content (AvgIpc) is 3.10. The number of rotatable bonds is 6. The Balaban J connectivity index is 1.80. The van der Waals surface area contributed by atoms with Crippen LogP contribution in [-0.4, -0.2) is 27.8 Å². The van der Waals surface area contributed by atoms with Gasteiger partial charge in [0.1, 0.15) is 10.6 Å². The Labute approximate surface area is 182 Å². The van der Waals surface area contributed by atoms with Crippen molar-refractivity contribution >= 4 is 39.2 Å². The molecule has 0 saturated heterocycles. The molecule has 0 radical (unpaired) electrons. The molecule has 0 atom stereocenters. The smallest absolute Gasteiger partial charge is 0.267 e. The van der Waals surface area contributed by atoms with E-state index in [0.29, 0.717) is 27.8 Å². The number of nitrogens with one attached hydrogen (secondary N) is 1. The number of aryl methyl sites for hydroxylation is 2. The number of halogens is 1. The fraction of sp³-hybridized carbons (Fsp3) is 0.409. The summed E-state index contributed by atoms with van der Waals surface area (Å²) in [5.41, 5.74) is 0.974. The molecule has 0 aliphatic heterocycles. The Morgan fingerprint density at radius 1 is 1.30 bits per heavy atom. The maximum Gasteiger partial charge on any atom is 0.267 e. The number of amides is 1. The number of thioether (sulfide) groups is 1. The van der Waals surface area contributed by atoms with Crippen molar-refractivity contribution in [3.8, 4) is 5.69 Å². The van der Waals surface area contributed by atoms with Crippen molar-refractivity contribution in [2.75, 3.05) is 12.3 Å². The monoisotopic (exact) mass is 445 g/mol. The van der Waals surface area contributed by atoms with Gasteiger partial charge in [-0.15, -0.1) is 11.3 Å². The molecule has 5 nitrogen and oxygen atoms in total. The van der Waals surface area contributed by atoms with Crippen LogP contribution in [0.2, 0.25) is 0 Å². The third kappa shape index (κ3) is 4.16. The topological polar surface area (TPSA) is 64.0 Å². The highest BCUT2D eigenvalue weighted by atomic mass is 32.2. The highest BCUT2D eigenvalue weighted by molar-refractivity contribution is 7.99. The van der Waals surface area contributed by atoms with Crippen LogP contribution in [0.1, 0.15) is 37.1 Å². The number of hydrogen-bond donors (Lipinski definition) is 1. The summed E-state index contributed by atoms with van der Waals surface area (Å²) in [5, 5.41) is 3.81. The van der Waals surface area contributed by atoms with Crippen molar-refractivity contribution in [1.29, 1.82) is 0 Å². The Bertz CT molecular complexity index is 1150. The molecule has 0 spiro atoms. The first-order valence-electron chi connectivity index (χ1n) is 10.2. The van der Waals surface area contributed by atoms with Gasteiger partial charge >= 0.3 is 0 Å². The zero-order chi connectivity index (χ0) is 21.3. The zero-order valence-electron chi connectivity index (χ0n) is 17.0. The highest BCUT2D eigenvalue weighted by Crippen LogP contribution is 2.35. The minimum Gasteiger partial charge on any atom is -0.355 e. The van der Waals surface area contributed by atoms with E-state index in [1.165, 1.54) is 27.3 Å². The van der Waals surface area contributed by atoms with Crippen molar-refractivity contribution in [1.82, 2.24) is 14.9 Å². The number of hydrogen-bond acceptors (Lipinski definition) is 5. The van der Waals surface area contributed by atoms with Crippen LogP contribution in [-0.2, 0) is 17.6 Å². The number of thiophene rings is 1. The second-order valence-corrected chi connectivity index (χ2v) is 9.89. The van der Waals surface area contributed by atoms with Crippen LogP contribution in [0, 0.1) is 11.7 Å². The molecule has 2 aromatic heterocycles. The number of aromatic nitrogens is 2. The molecule has 30 heavy (non-hydrogen) atoms. The quantitative estimate of drug-likeness (QED) is 0.453. The van der Waals surface area contributed by atoms with E-state index in [0.717, 1.165) is 31.2 Å². The van der Waals surface area contributed by atoms with Gasteiger partial charge < -0.3 is 5.32 Å². The molecule has 8 heteroatoms. The van der Waals surface area contributed by atoms with Gasteiger partial charge in [-0.2, -0.15) is 0 Å². The summed E-state index contributed by atoms with van der Waals surface area (Å²) in [4.78, 5) is 32.4. The Kier molecular flexibility index (Phi) is 6.24. The SMILES string of the molecule is CC(C)CNC(=O)CSc1nc2sc3c(c2c(=O)n1-c1ccccc1F)CCCC3. The molecule has 2 heterocycles. The number of benzene rings is 1. The predicted molar refractivity (Wildman–Crippen MR) is 120 cm³/mol. The van der Waals surface area contributed by atoms with E-state index in [1.54, 1.807) is 29.5 Å². The number of para-hydroxylation sites is 1. The van der Waals surface area contributed by atoms with E-state index in [2.05, 4.69) is 5.32 Å². The molecular formula is C22H24FN3O2S2. The molecule has 0 saturated carbocycles. The van der Waals surface area contributed by atoms with Crippen molar-refractivity contribution in [3.63, 3.8) is 0 Å². The van der Waals surface area contributed by atoms with E-state index < -0.39 is 5.82 Å². The molecule has 1 aliphatic carbocycles. The fourth-order valence-electron chi connectivity index (χ4n) is 3.63. The van der Waals surface area contributed by atoms with Crippen LogP contribution in [0.3, 0.4) is 0 Å². The van der Waals surface area contributed by atoms with Crippen LogP contribution >= 0.6 is 23.1 Å². The molecule has 1 N–H and O–H groups in total. The summed E-state index contributed by atoms with van der Waals surface area (Å²) in [7, 11) is 0. The second kappa shape index (κ2) is 8.89. The van der Waals surface area contributed by atoms with E-state index >= 15 is 0 Å². The summed E-state index contributed by atoms with van der Waals surface area (Å²) >= 11 is 2.72. The van der Waals surface area contributed by atoms with Gasteiger partial charge in [0.2, 0.25) is 5.91 Å². The van der Waals surface area contributed by atoms with Crippen molar-refractivity contribution in [3.05, 3.63) is 50.9 Å². The highest BCUT2D eigenvalue weighted by Gasteiger charge is 2.24. The van der Waals surface area contributed by atoms with Gasteiger partial charge in [0.25, 0.3) is 5.56 Å². The van der Waals surface area contributed by atoms with Crippen LogP contribution in [0.15, 0.2) is 34.2 Å². The van der Waals surface area contributed by atoms with Gasteiger partial charge in [-0.1, -0.05) is 37.7 Å². The lowest BCUT2D eigenvalue weighted by molar-refractivity contribution is -0.118. The first kappa shape index (κ1) is 21.1. The maximum absolute atomic E-state index is 14.6. The predicted octanol–water partition coefficient (Wildman–Crippen LogP) is 4.33. The zero-order valence-corrected chi connectivity index (χ0v) is 18.7. The maximum atomic E-state index is 14.6. The Morgan fingerprint density at radius 3 is 2.83 bits per heavy atom. The molecule has 1 aromatic carbocycles. The molecule has 158 valence electrons. The van der Waals surface area contributed by atoms with Gasteiger partial charge in [0, 0.05) is 11.4 Å². The largest absolute Gasteiger partial charge is 0.355 e. The number of carbonyl (C=O) groups excluding carboxylic acids is 1. The number of carbonyl (C=O) groups is 1. The lowest BCUT2D eigenvalue weighted by Crippen LogP contribution is -2.29. The Morgan fingerprint density at radius 2 is 2.07 bits per heavy atom. The van der Waals surface area contributed by atoms with Gasteiger partial charge in [0.05, 0.1) is 16.8 Å². The molecule has 3 aromatic rings. The first-order valence-corrected chi connectivity index (χ1v) is 12.0. The first-order chi connectivity index (χ1) is 14.5. The lowest BCUT2D eigenvalue weighted by Gasteiger charge is -2.14. The molecule has 0 fully saturated rings. The summed E-state index contributed by atoms with van der Waals surface area (Å²) in [6, 6.07) is 6.20. The minimum absolute atomic E-state index is 0.115.